The normalized spacial score (nSPS) is 12.8. The van der Waals surface area contributed by atoms with Crippen molar-refractivity contribution >= 4 is 44.0 Å². The number of hydrogen-bond donors (Lipinski definition) is 1. The Bertz CT molecular complexity index is 1410. The molecule has 0 aliphatic rings. The molecule has 2 aromatic heterocycles. The van der Waals surface area contributed by atoms with Crippen LogP contribution >= 0.6 is 0 Å². The predicted molar refractivity (Wildman–Crippen MR) is 112 cm³/mol. The number of methoxy groups -OCH3 is 1. The van der Waals surface area contributed by atoms with Crippen LogP contribution in [0.25, 0.3) is 21.8 Å². The molecule has 0 spiro atoms. The summed E-state index contributed by atoms with van der Waals surface area (Å²) in [6.07, 6.45) is 0.215. The lowest BCUT2D eigenvalue weighted by Gasteiger charge is -2.20. The van der Waals surface area contributed by atoms with Gasteiger partial charge in [-0.3, -0.25) is 0 Å². The lowest BCUT2D eigenvalue weighted by atomic mass is 10.1. The van der Waals surface area contributed by atoms with Crippen molar-refractivity contribution in [1.82, 2.24) is 9.55 Å². The first-order chi connectivity index (χ1) is 15.6. The van der Waals surface area contributed by atoms with E-state index in [0.29, 0.717) is 0 Å². The molecule has 0 saturated carbocycles. The number of carbonyl (C=O) groups is 2. The Morgan fingerprint density at radius 2 is 1.79 bits per heavy atom. The Balaban J connectivity index is 2.40. The Hall–Kier alpha value is -3.39. The van der Waals surface area contributed by atoms with E-state index in [1.807, 2.05) is 0 Å². The third-order valence-electron chi connectivity index (χ3n) is 4.44. The van der Waals surface area contributed by atoms with Gasteiger partial charge in [0.25, 0.3) is 0 Å². The second-order valence-electron chi connectivity index (χ2n) is 8.06. The van der Waals surface area contributed by atoms with Gasteiger partial charge in [0.2, 0.25) is 0 Å². The molecule has 0 saturated heterocycles. The summed E-state index contributed by atoms with van der Waals surface area (Å²) in [4.78, 5) is 28.6. The van der Waals surface area contributed by atoms with Crippen molar-refractivity contribution in [2.24, 2.45) is 0 Å². The number of carboxylic acids is 1. The number of benzene rings is 1. The minimum atomic E-state index is -5.98. The molecule has 14 heteroatoms. The molecule has 0 unspecified atom stereocenters. The second kappa shape index (κ2) is 8.43. The Kier molecular flexibility index (Phi) is 6.26. The van der Waals surface area contributed by atoms with Crippen LogP contribution in [0.5, 0.6) is 5.75 Å². The first kappa shape index (κ1) is 25.2. The van der Waals surface area contributed by atoms with E-state index in [4.69, 9.17) is 9.47 Å². The molecule has 0 amide bonds. The van der Waals surface area contributed by atoms with Crippen LogP contribution in [0.3, 0.4) is 0 Å². The summed E-state index contributed by atoms with van der Waals surface area (Å²) >= 11 is 0. The number of halogens is 3. The van der Waals surface area contributed by atoms with Crippen molar-refractivity contribution < 1.29 is 49.9 Å². The van der Waals surface area contributed by atoms with E-state index in [1.54, 1.807) is 20.8 Å². The van der Waals surface area contributed by atoms with E-state index in [0.717, 1.165) is 29.0 Å². The summed E-state index contributed by atoms with van der Waals surface area (Å²) in [5.74, 6) is -2.12. The van der Waals surface area contributed by atoms with Gasteiger partial charge in [-0.15, -0.1) is 0 Å². The van der Waals surface area contributed by atoms with Crippen molar-refractivity contribution in [3.05, 3.63) is 35.7 Å². The number of fused-ring (bicyclic) bond motifs is 3. The smallest absolute Gasteiger partial charge is 0.477 e. The van der Waals surface area contributed by atoms with Crippen LogP contribution in [0.4, 0.5) is 18.0 Å². The van der Waals surface area contributed by atoms with Gasteiger partial charge in [0.1, 0.15) is 11.4 Å². The summed E-state index contributed by atoms with van der Waals surface area (Å²) in [6, 6.07) is 3.02. The summed E-state index contributed by atoms with van der Waals surface area (Å²) in [6.45, 7) is 4.56. The topological polar surface area (TPSA) is 134 Å². The fraction of sp³-hybridized carbons (Fsp3) is 0.350. The average molecular weight is 504 g/mol. The number of pyridine rings is 1. The van der Waals surface area contributed by atoms with Gasteiger partial charge in [0.05, 0.1) is 23.8 Å². The van der Waals surface area contributed by atoms with Gasteiger partial charge >= 0.3 is 27.7 Å². The second-order valence-corrected chi connectivity index (χ2v) is 9.60. The molecule has 34 heavy (non-hydrogen) atoms. The molecule has 0 aliphatic carbocycles. The molecule has 1 aromatic carbocycles. The van der Waals surface area contributed by atoms with Crippen LogP contribution < -0.4 is 4.18 Å². The molecule has 1 N–H and O–H groups in total. The zero-order chi connectivity index (χ0) is 25.6. The third kappa shape index (κ3) is 4.63. The van der Waals surface area contributed by atoms with Crippen molar-refractivity contribution in [3.8, 4) is 5.75 Å². The zero-order valence-electron chi connectivity index (χ0n) is 18.3. The van der Waals surface area contributed by atoms with Crippen LogP contribution in [-0.4, -0.2) is 53.4 Å². The van der Waals surface area contributed by atoms with Crippen molar-refractivity contribution in [2.75, 3.05) is 7.11 Å². The maximum atomic E-state index is 13.0. The summed E-state index contributed by atoms with van der Waals surface area (Å²) in [7, 11) is -4.70. The first-order valence-electron chi connectivity index (χ1n) is 9.50. The summed E-state index contributed by atoms with van der Waals surface area (Å²) in [5, 5.41) is 9.65. The molecule has 0 bridgehead atoms. The number of nitrogens with zero attached hydrogens (tertiary/aromatic N) is 2. The molecule has 0 fully saturated rings. The predicted octanol–water partition coefficient (Wildman–Crippen LogP) is 4.05. The number of carbonyl (C=O) groups excluding carboxylic acids is 1. The number of aromatic carboxylic acids is 1. The van der Waals surface area contributed by atoms with Gasteiger partial charge in [-0.2, -0.15) is 21.6 Å². The minimum Gasteiger partial charge on any atom is -0.477 e. The molecule has 10 nitrogen and oxygen atoms in total. The Morgan fingerprint density at radius 1 is 1.15 bits per heavy atom. The van der Waals surface area contributed by atoms with E-state index in [-0.39, 0.29) is 34.0 Å². The molecular formula is C20H19F3N2O8S. The van der Waals surface area contributed by atoms with Gasteiger partial charge in [-0.05, 0) is 39.0 Å². The minimum absolute atomic E-state index is 0.00985. The van der Waals surface area contributed by atoms with Crippen LogP contribution in [0.2, 0.25) is 0 Å². The SMILES string of the molecule is COCc1c(C(=O)O)ncc2c1c1cc(OS(=O)(=O)C(F)(F)F)ccc1n2C(=O)OC(C)(C)C. The number of hydrogen-bond acceptors (Lipinski definition) is 8. The summed E-state index contributed by atoms with van der Waals surface area (Å²) in [5.41, 5.74) is -6.86. The van der Waals surface area contributed by atoms with E-state index >= 15 is 0 Å². The van der Waals surface area contributed by atoms with Crippen molar-refractivity contribution in [3.63, 3.8) is 0 Å². The van der Waals surface area contributed by atoms with Crippen LogP contribution in [-0.2, 0) is 26.2 Å². The van der Waals surface area contributed by atoms with E-state index < -0.39 is 44.7 Å². The fourth-order valence-corrected chi connectivity index (χ4v) is 3.70. The highest BCUT2D eigenvalue weighted by Gasteiger charge is 2.48. The van der Waals surface area contributed by atoms with Crippen LogP contribution in [0, 0.1) is 0 Å². The van der Waals surface area contributed by atoms with Crippen molar-refractivity contribution in [2.45, 2.75) is 38.5 Å². The highest BCUT2D eigenvalue weighted by Crippen LogP contribution is 2.37. The molecule has 2 heterocycles. The van der Waals surface area contributed by atoms with Crippen molar-refractivity contribution in [1.29, 1.82) is 0 Å². The van der Waals surface area contributed by atoms with E-state index in [1.165, 1.54) is 7.11 Å². The monoisotopic (exact) mass is 504 g/mol. The largest absolute Gasteiger partial charge is 0.534 e. The van der Waals surface area contributed by atoms with Crippen LogP contribution in [0.15, 0.2) is 24.4 Å². The van der Waals surface area contributed by atoms with Gasteiger partial charge in [0.15, 0.2) is 5.69 Å². The first-order valence-corrected chi connectivity index (χ1v) is 10.9. The van der Waals surface area contributed by atoms with Crippen LogP contribution in [0.1, 0.15) is 36.8 Å². The van der Waals surface area contributed by atoms with Gasteiger partial charge in [-0.25, -0.2) is 19.1 Å². The number of ether oxygens (including phenoxy) is 2. The number of carboxylic acid groups (broad SMARTS) is 1. The highest BCUT2D eigenvalue weighted by atomic mass is 32.2. The lowest BCUT2D eigenvalue weighted by molar-refractivity contribution is -0.0500. The molecule has 0 atom stereocenters. The Labute approximate surface area is 191 Å². The molecule has 3 rings (SSSR count). The average Bonchev–Trinajstić information content (AvgIpc) is 2.99. The summed E-state index contributed by atoms with van der Waals surface area (Å²) < 4.78 is 77.1. The number of alkyl halides is 3. The highest BCUT2D eigenvalue weighted by molar-refractivity contribution is 7.88. The number of aromatic nitrogens is 2. The molecular weight excluding hydrogens is 485 g/mol. The lowest BCUT2D eigenvalue weighted by Crippen LogP contribution is -2.28. The maximum Gasteiger partial charge on any atom is 0.534 e. The third-order valence-corrected chi connectivity index (χ3v) is 5.41. The quantitative estimate of drug-likeness (QED) is 0.403. The molecule has 3 aromatic rings. The standard InChI is InChI=1S/C20H19F3N2O8S/c1-19(2,3)32-18(28)25-13-6-5-10(33-34(29,30)20(21,22)23)7-11(13)15-12(9-31-4)16(17(26)27)24-8-14(15)25/h5-8H,9H2,1-4H3,(H,26,27). The maximum absolute atomic E-state index is 13.0. The van der Waals surface area contributed by atoms with E-state index in [9.17, 15) is 36.3 Å². The zero-order valence-corrected chi connectivity index (χ0v) is 19.1. The molecule has 184 valence electrons. The van der Waals surface area contributed by atoms with Gasteiger partial charge in [0, 0.05) is 23.4 Å². The number of rotatable bonds is 5. The Morgan fingerprint density at radius 3 is 2.32 bits per heavy atom. The van der Waals surface area contributed by atoms with Gasteiger partial charge in [-0.1, -0.05) is 0 Å². The molecule has 0 aliphatic heterocycles. The fourth-order valence-electron chi connectivity index (χ4n) is 3.25. The molecule has 0 radical (unpaired) electrons. The van der Waals surface area contributed by atoms with Gasteiger partial charge < -0.3 is 18.8 Å². The van der Waals surface area contributed by atoms with E-state index in [2.05, 4.69) is 9.17 Å².